The van der Waals surface area contributed by atoms with Gasteiger partial charge in [-0.05, 0) is 36.2 Å². The van der Waals surface area contributed by atoms with Crippen LogP contribution in [0.4, 0.5) is 9.52 Å². The molecule has 0 spiro atoms. The van der Waals surface area contributed by atoms with E-state index >= 15 is 0 Å². The lowest BCUT2D eigenvalue weighted by molar-refractivity contribution is 0.341. The van der Waals surface area contributed by atoms with E-state index in [1.807, 2.05) is 31.2 Å². The summed E-state index contributed by atoms with van der Waals surface area (Å²) in [7, 11) is 0. The van der Waals surface area contributed by atoms with Crippen LogP contribution in [0.5, 0.6) is 5.75 Å². The number of halogens is 1. The Hall–Kier alpha value is -2.12. The molecule has 0 bridgehead atoms. The maximum atomic E-state index is 12.9. The van der Waals surface area contributed by atoms with Gasteiger partial charge in [-0.1, -0.05) is 53.4 Å². The lowest BCUT2D eigenvalue weighted by atomic mass is 10.2. The number of anilines is 1. The molecule has 1 aromatic heterocycles. The third-order valence-electron chi connectivity index (χ3n) is 3.42. The van der Waals surface area contributed by atoms with Crippen molar-refractivity contribution in [2.75, 3.05) is 17.7 Å². The highest BCUT2D eigenvalue weighted by Gasteiger charge is 2.05. The van der Waals surface area contributed by atoms with Gasteiger partial charge in [0.2, 0.25) is 5.13 Å². The van der Waals surface area contributed by atoms with E-state index in [4.69, 9.17) is 4.74 Å². The monoisotopic (exact) mass is 375 g/mol. The average Bonchev–Trinajstić information content (AvgIpc) is 3.07. The quantitative estimate of drug-likeness (QED) is 0.454. The minimum atomic E-state index is -0.230. The van der Waals surface area contributed by atoms with Gasteiger partial charge >= 0.3 is 0 Å². The van der Waals surface area contributed by atoms with E-state index in [9.17, 15) is 4.39 Å². The number of aromatic nitrogens is 2. The van der Waals surface area contributed by atoms with Gasteiger partial charge in [-0.15, -0.1) is 10.2 Å². The van der Waals surface area contributed by atoms with Crippen LogP contribution in [0, 0.1) is 12.7 Å². The first-order valence-corrected chi connectivity index (χ1v) is 9.64. The molecule has 0 saturated heterocycles. The Bertz CT molecular complexity index is 808. The minimum absolute atomic E-state index is 0.230. The van der Waals surface area contributed by atoms with Crippen molar-refractivity contribution in [1.29, 1.82) is 0 Å². The van der Waals surface area contributed by atoms with Crippen molar-refractivity contribution in [2.24, 2.45) is 0 Å². The Balaban J connectivity index is 1.41. The zero-order valence-electron chi connectivity index (χ0n) is 13.7. The maximum absolute atomic E-state index is 12.9. The van der Waals surface area contributed by atoms with Crippen LogP contribution in [0.25, 0.3) is 0 Å². The van der Waals surface area contributed by atoms with Gasteiger partial charge in [0.15, 0.2) is 4.34 Å². The van der Waals surface area contributed by atoms with E-state index < -0.39 is 0 Å². The molecule has 0 unspecified atom stereocenters. The second-order valence-corrected chi connectivity index (χ2v) is 7.64. The first-order valence-electron chi connectivity index (χ1n) is 7.84. The van der Waals surface area contributed by atoms with Gasteiger partial charge in [0.25, 0.3) is 0 Å². The molecule has 4 nitrogen and oxygen atoms in total. The molecule has 1 N–H and O–H groups in total. The number of thioether (sulfide) groups is 1. The van der Waals surface area contributed by atoms with E-state index in [0.717, 1.165) is 32.1 Å². The first kappa shape index (κ1) is 17.7. The highest BCUT2D eigenvalue weighted by atomic mass is 32.2. The van der Waals surface area contributed by atoms with E-state index in [1.165, 1.54) is 23.5 Å². The van der Waals surface area contributed by atoms with Crippen molar-refractivity contribution in [3.05, 3.63) is 65.5 Å². The largest absolute Gasteiger partial charge is 0.492 e. The number of rotatable bonds is 8. The van der Waals surface area contributed by atoms with Crippen LogP contribution in [0.3, 0.4) is 0 Å². The highest BCUT2D eigenvalue weighted by Crippen LogP contribution is 2.26. The van der Waals surface area contributed by atoms with Crippen molar-refractivity contribution in [2.45, 2.75) is 17.8 Å². The summed E-state index contributed by atoms with van der Waals surface area (Å²) in [6.07, 6.45) is 0. The second-order valence-electron chi connectivity index (χ2n) is 5.32. The van der Waals surface area contributed by atoms with Crippen LogP contribution in [-0.2, 0) is 6.54 Å². The molecule has 0 aliphatic rings. The second kappa shape index (κ2) is 8.82. The molecule has 7 heteroatoms. The first-order chi connectivity index (χ1) is 12.2. The molecule has 1 heterocycles. The Morgan fingerprint density at radius 3 is 2.72 bits per heavy atom. The molecule has 25 heavy (non-hydrogen) atoms. The predicted molar refractivity (Wildman–Crippen MR) is 101 cm³/mol. The van der Waals surface area contributed by atoms with Crippen molar-refractivity contribution < 1.29 is 9.13 Å². The van der Waals surface area contributed by atoms with Crippen LogP contribution in [0.1, 0.15) is 11.1 Å². The molecule has 0 radical (unpaired) electrons. The van der Waals surface area contributed by atoms with E-state index in [2.05, 4.69) is 15.5 Å². The molecular weight excluding hydrogens is 357 g/mol. The third-order valence-corrected chi connectivity index (χ3v) is 5.40. The number of ether oxygens (including phenoxy) is 1. The fourth-order valence-corrected chi connectivity index (χ4v) is 3.75. The Kier molecular flexibility index (Phi) is 6.25. The van der Waals surface area contributed by atoms with Crippen LogP contribution in [-0.4, -0.2) is 22.6 Å². The molecule has 130 valence electrons. The standard InChI is InChI=1S/C18H18FN3OS2/c1-13-4-2-3-5-16(13)23-10-11-24-18-22-21-17(25-18)20-12-14-6-8-15(19)9-7-14/h2-9H,10-12H2,1H3,(H,20,21). The Labute approximate surface area is 154 Å². The van der Waals surface area contributed by atoms with Gasteiger partial charge < -0.3 is 10.1 Å². The molecular formula is C18H18FN3OS2. The SMILES string of the molecule is Cc1ccccc1OCCSc1nnc(NCc2ccc(F)cc2)s1. The molecule has 0 aliphatic heterocycles. The Morgan fingerprint density at radius 2 is 1.92 bits per heavy atom. The smallest absolute Gasteiger partial charge is 0.206 e. The fraction of sp³-hybridized carbons (Fsp3) is 0.222. The molecule has 2 aromatic carbocycles. The van der Waals surface area contributed by atoms with Crippen molar-refractivity contribution in [3.63, 3.8) is 0 Å². The molecule has 0 amide bonds. The fourth-order valence-electron chi connectivity index (χ4n) is 2.12. The number of benzene rings is 2. The van der Waals surface area contributed by atoms with Crippen molar-refractivity contribution in [3.8, 4) is 5.75 Å². The maximum Gasteiger partial charge on any atom is 0.206 e. The zero-order chi connectivity index (χ0) is 17.5. The molecule has 0 saturated carbocycles. The molecule has 0 atom stereocenters. The summed E-state index contributed by atoms with van der Waals surface area (Å²) in [5, 5.41) is 12.2. The molecule has 0 aliphatic carbocycles. The lowest BCUT2D eigenvalue weighted by Crippen LogP contribution is -2.01. The number of hydrogen-bond acceptors (Lipinski definition) is 6. The van der Waals surface area contributed by atoms with Gasteiger partial charge in [0.1, 0.15) is 11.6 Å². The Morgan fingerprint density at radius 1 is 1.12 bits per heavy atom. The summed E-state index contributed by atoms with van der Waals surface area (Å²) in [6, 6.07) is 14.4. The summed E-state index contributed by atoms with van der Waals surface area (Å²) in [6.45, 7) is 3.25. The normalized spacial score (nSPS) is 10.6. The van der Waals surface area contributed by atoms with Gasteiger partial charge in [0.05, 0.1) is 6.61 Å². The van der Waals surface area contributed by atoms with Crippen molar-refractivity contribution >= 4 is 28.2 Å². The highest BCUT2D eigenvalue weighted by molar-refractivity contribution is 8.01. The number of aryl methyl sites for hydroxylation is 1. The topological polar surface area (TPSA) is 47.0 Å². The molecule has 3 aromatic rings. The lowest BCUT2D eigenvalue weighted by Gasteiger charge is -2.07. The van der Waals surface area contributed by atoms with Crippen LogP contribution in [0.2, 0.25) is 0 Å². The predicted octanol–water partition coefficient (Wildman–Crippen LogP) is 4.77. The van der Waals surface area contributed by atoms with Gasteiger partial charge in [-0.2, -0.15) is 0 Å². The third kappa shape index (κ3) is 5.44. The summed E-state index contributed by atoms with van der Waals surface area (Å²) in [5.41, 5.74) is 2.13. The van der Waals surface area contributed by atoms with Gasteiger partial charge in [0, 0.05) is 12.3 Å². The van der Waals surface area contributed by atoms with Crippen molar-refractivity contribution in [1.82, 2.24) is 10.2 Å². The van der Waals surface area contributed by atoms with E-state index in [0.29, 0.717) is 13.2 Å². The van der Waals surface area contributed by atoms with E-state index in [1.54, 1.807) is 23.9 Å². The molecule has 3 rings (SSSR count). The number of para-hydroxylation sites is 1. The van der Waals surface area contributed by atoms with Crippen LogP contribution in [0.15, 0.2) is 52.9 Å². The summed E-state index contributed by atoms with van der Waals surface area (Å²) in [4.78, 5) is 0. The minimum Gasteiger partial charge on any atom is -0.492 e. The van der Waals surface area contributed by atoms with Crippen LogP contribution >= 0.6 is 23.1 Å². The summed E-state index contributed by atoms with van der Waals surface area (Å²) >= 11 is 3.12. The van der Waals surface area contributed by atoms with Crippen LogP contribution < -0.4 is 10.1 Å². The van der Waals surface area contributed by atoms with Gasteiger partial charge in [-0.25, -0.2) is 4.39 Å². The average molecular weight is 375 g/mol. The molecule has 0 fully saturated rings. The van der Waals surface area contributed by atoms with Gasteiger partial charge in [-0.3, -0.25) is 0 Å². The zero-order valence-corrected chi connectivity index (χ0v) is 15.4. The summed E-state index contributed by atoms with van der Waals surface area (Å²) in [5.74, 6) is 1.49. The van der Waals surface area contributed by atoms with E-state index in [-0.39, 0.29) is 5.82 Å². The number of nitrogens with zero attached hydrogens (tertiary/aromatic N) is 2. The number of nitrogens with one attached hydrogen (secondary N) is 1. The number of hydrogen-bond donors (Lipinski definition) is 1. The summed E-state index contributed by atoms with van der Waals surface area (Å²) < 4.78 is 19.5.